The van der Waals surface area contributed by atoms with Gasteiger partial charge >= 0.3 is 0 Å². The molecule has 0 aliphatic carbocycles. The molecule has 0 unspecified atom stereocenters. The van der Waals surface area contributed by atoms with Gasteiger partial charge in [0.05, 0.1) is 6.61 Å². The summed E-state index contributed by atoms with van der Waals surface area (Å²) in [6.07, 6.45) is 0. The Morgan fingerprint density at radius 1 is 1.00 bits per heavy atom. The average molecular weight is 342 g/mol. The van der Waals surface area contributed by atoms with Crippen molar-refractivity contribution in [3.05, 3.63) is 59.2 Å². The van der Waals surface area contributed by atoms with Crippen LogP contribution < -0.4 is 20.3 Å². The minimum atomic E-state index is -0.449. The van der Waals surface area contributed by atoms with Crippen LogP contribution in [0.15, 0.2) is 42.5 Å². The second-order valence-electron chi connectivity index (χ2n) is 5.45. The first kappa shape index (κ1) is 18.3. The highest BCUT2D eigenvalue weighted by Crippen LogP contribution is 2.20. The number of nitrogens with one attached hydrogen (secondary N) is 2. The monoisotopic (exact) mass is 342 g/mol. The summed E-state index contributed by atoms with van der Waals surface area (Å²) in [4.78, 5) is 23.9. The molecule has 0 fully saturated rings. The number of rotatable bonds is 6. The van der Waals surface area contributed by atoms with Gasteiger partial charge in [-0.2, -0.15) is 0 Å². The average Bonchev–Trinajstić information content (AvgIpc) is 2.61. The number of hydrogen-bond donors (Lipinski definition) is 2. The van der Waals surface area contributed by atoms with E-state index < -0.39 is 11.8 Å². The van der Waals surface area contributed by atoms with Gasteiger partial charge in [-0.15, -0.1) is 0 Å². The predicted molar refractivity (Wildman–Crippen MR) is 94.6 cm³/mol. The van der Waals surface area contributed by atoms with Crippen LogP contribution in [0.2, 0.25) is 0 Å². The van der Waals surface area contributed by atoms with E-state index in [1.165, 1.54) is 0 Å². The summed E-state index contributed by atoms with van der Waals surface area (Å²) in [6, 6.07) is 12.4. The first-order chi connectivity index (χ1) is 12.0. The van der Waals surface area contributed by atoms with Crippen LogP contribution in [0.1, 0.15) is 28.4 Å². The lowest BCUT2D eigenvalue weighted by molar-refractivity contribution is -0.123. The number of ether oxygens (including phenoxy) is 2. The maximum absolute atomic E-state index is 12.1. The summed E-state index contributed by atoms with van der Waals surface area (Å²) < 4.78 is 10.8. The molecule has 2 aromatic carbocycles. The summed E-state index contributed by atoms with van der Waals surface area (Å²) >= 11 is 0. The molecule has 0 saturated carbocycles. The molecule has 0 atom stereocenters. The van der Waals surface area contributed by atoms with E-state index in [1.54, 1.807) is 30.3 Å². The topological polar surface area (TPSA) is 76.7 Å². The zero-order chi connectivity index (χ0) is 18.2. The van der Waals surface area contributed by atoms with Crippen molar-refractivity contribution < 1.29 is 19.1 Å². The highest BCUT2D eigenvalue weighted by atomic mass is 16.5. The Morgan fingerprint density at radius 2 is 1.76 bits per heavy atom. The fourth-order valence-corrected chi connectivity index (χ4v) is 2.15. The first-order valence-electron chi connectivity index (χ1n) is 8.02. The molecule has 6 heteroatoms. The van der Waals surface area contributed by atoms with Crippen molar-refractivity contribution in [2.75, 3.05) is 13.2 Å². The van der Waals surface area contributed by atoms with Crippen LogP contribution in [-0.4, -0.2) is 25.0 Å². The van der Waals surface area contributed by atoms with Crippen molar-refractivity contribution >= 4 is 11.8 Å². The quantitative estimate of drug-likeness (QED) is 0.791. The van der Waals surface area contributed by atoms with Crippen molar-refractivity contribution in [1.29, 1.82) is 0 Å². The fourth-order valence-electron chi connectivity index (χ4n) is 2.15. The molecule has 2 rings (SSSR count). The van der Waals surface area contributed by atoms with Crippen LogP contribution in [0.3, 0.4) is 0 Å². The van der Waals surface area contributed by atoms with Crippen molar-refractivity contribution in [3.63, 3.8) is 0 Å². The Bertz CT molecular complexity index is 759. The molecule has 25 heavy (non-hydrogen) atoms. The Hall–Kier alpha value is -3.02. The van der Waals surface area contributed by atoms with Gasteiger partial charge in [-0.3, -0.25) is 20.4 Å². The molecule has 0 saturated heterocycles. The molecule has 0 heterocycles. The summed E-state index contributed by atoms with van der Waals surface area (Å²) in [5, 5.41) is 0. The first-order valence-corrected chi connectivity index (χ1v) is 8.02. The largest absolute Gasteiger partial charge is 0.494 e. The van der Waals surface area contributed by atoms with Crippen molar-refractivity contribution in [2.45, 2.75) is 20.8 Å². The van der Waals surface area contributed by atoms with Crippen LogP contribution in [0.4, 0.5) is 0 Å². The highest BCUT2D eigenvalue weighted by Gasteiger charge is 2.10. The molecule has 132 valence electrons. The lowest BCUT2D eigenvalue weighted by atomic mass is 10.1. The second-order valence-corrected chi connectivity index (χ2v) is 5.45. The summed E-state index contributed by atoms with van der Waals surface area (Å²) in [5.74, 6) is 0.363. The molecule has 0 spiro atoms. The van der Waals surface area contributed by atoms with E-state index in [9.17, 15) is 9.59 Å². The Balaban J connectivity index is 1.84. The molecule has 6 nitrogen and oxygen atoms in total. The number of aryl methyl sites for hydroxylation is 1. The van der Waals surface area contributed by atoms with E-state index in [4.69, 9.17) is 9.47 Å². The van der Waals surface area contributed by atoms with Gasteiger partial charge in [0.1, 0.15) is 11.5 Å². The number of hydrogen-bond acceptors (Lipinski definition) is 4. The van der Waals surface area contributed by atoms with E-state index in [2.05, 4.69) is 10.9 Å². The third-order valence-electron chi connectivity index (χ3n) is 3.64. The minimum Gasteiger partial charge on any atom is -0.494 e. The van der Waals surface area contributed by atoms with Gasteiger partial charge in [0.2, 0.25) is 0 Å². The minimum absolute atomic E-state index is 0.191. The van der Waals surface area contributed by atoms with Crippen LogP contribution >= 0.6 is 0 Å². The van der Waals surface area contributed by atoms with Gasteiger partial charge in [-0.05, 0) is 56.2 Å². The summed E-state index contributed by atoms with van der Waals surface area (Å²) in [5.41, 5.74) is 7.14. The van der Waals surface area contributed by atoms with Gasteiger partial charge in [0.15, 0.2) is 6.61 Å². The normalized spacial score (nSPS) is 10.0. The van der Waals surface area contributed by atoms with Crippen molar-refractivity contribution in [2.24, 2.45) is 0 Å². The lowest BCUT2D eigenvalue weighted by Crippen LogP contribution is -2.43. The van der Waals surface area contributed by atoms with Crippen molar-refractivity contribution in [1.82, 2.24) is 10.9 Å². The Kier molecular flexibility index (Phi) is 6.39. The molecule has 2 aromatic rings. The molecule has 0 radical (unpaired) electrons. The molecule has 0 aliphatic heterocycles. The van der Waals surface area contributed by atoms with Crippen LogP contribution in [-0.2, 0) is 4.79 Å². The standard InChI is InChI=1S/C19H22N2O4/c1-4-24-16-9-6-8-15(11-16)19(23)21-20-18(22)12-25-17-10-5-7-13(2)14(17)3/h5-11H,4,12H2,1-3H3,(H,20,22)(H,21,23). The number of carbonyl (C=O) groups excluding carboxylic acids is 2. The van der Waals surface area contributed by atoms with E-state index in [1.807, 2.05) is 32.9 Å². The molecule has 2 N–H and O–H groups in total. The van der Waals surface area contributed by atoms with Crippen LogP contribution in [0, 0.1) is 13.8 Å². The van der Waals surface area contributed by atoms with E-state index in [-0.39, 0.29) is 6.61 Å². The molecule has 2 amide bonds. The number of carbonyl (C=O) groups is 2. The molecular weight excluding hydrogens is 320 g/mol. The fraction of sp³-hybridized carbons (Fsp3) is 0.263. The van der Waals surface area contributed by atoms with Gasteiger partial charge in [-0.1, -0.05) is 18.2 Å². The third-order valence-corrected chi connectivity index (χ3v) is 3.64. The van der Waals surface area contributed by atoms with Gasteiger partial charge in [0.25, 0.3) is 11.8 Å². The Morgan fingerprint density at radius 3 is 2.52 bits per heavy atom. The summed E-state index contributed by atoms with van der Waals surface area (Å²) in [7, 11) is 0. The van der Waals surface area contributed by atoms with E-state index in [0.29, 0.717) is 23.7 Å². The molecular formula is C19H22N2O4. The zero-order valence-electron chi connectivity index (χ0n) is 14.6. The summed E-state index contributed by atoms with van der Waals surface area (Å²) in [6.45, 7) is 6.08. The molecule has 0 bridgehead atoms. The van der Waals surface area contributed by atoms with Crippen LogP contribution in [0.5, 0.6) is 11.5 Å². The maximum Gasteiger partial charge on any atom is 0.276 e. The van der Waals surface area contributed by atoms with Gasteiger partial charge in [-0.25, -0.2) is 0 Å². The zero-order valence-corrected chi connectivity index (χ0v) is 14.6. The predicted octanol–water partition coefficient (Wildman–Crippen LogP) is 2.54. The third kappa shape index (κ3) is 5.24. The number of hydrazine groups is 1. The van der Waals surface area contributed by atoms with E-state index in [0.717, 1.165) is 11.1 Å². The highest BCUT2D eigenvalue weighted by molar-refractivity contribution is 5.95. The second kappa shape index (κ2) is 8.73. The van der Waals surface area contributed by atoms with Gasteiger partial charge in [0, 0.05) is 5.56 Å². The molecule has 0 aliphatic rings. The number of amides is 2. The number of benzene rings is 2. The van der Waals surface area contributed by atoms with Crippen molar-refractivity contribution in [3.8, 4) is 11.5 Å². The SMILES string of the molecule is CCOc1cccc(C(=O)NNC(=O)COc2cccc(C)c2C)c1. The molecule has 0 aromatic heterocycles. The van der Waals surface area contributed by atoms with Gasteiger partial charge < -0.3 is 9.47 Å². The maximum atomic E-state index is 12.1. The van der Waals surface area contributed by atoms with E-state index >= 15 is 0 Å². The smallest absolute Gasteiger partial charge is 0.276 e. The van der Waals surface area contributed by atoms with Crippen LogP contribution in [0.25, 0.3) is 0 Å². The Labute approximate surface area is 147 Å². The lowest BCUT2D eigenvalue weighted by Gasteiger charge is -2.12.